The van der Waals surface area contributed by atoms with Crippen molar-refractivity contribution < 1.29 is 53.1 Å². The summed E-state index contributed by atoms with van der Waals surface area (Å²) in [6, 6.07) is 8.01. The number of carbonyl (C=O) groups excluding carboxylic acids is 3. The van der Waals surface area contributed by atoms with E-state index in [0.29, 0.717) is 53.3 Å². The third-order valence-electron chi connectivity index (χ3n) is 15.7. The molecule has 3 N–H and O–H groups in total. The second-order valence-corrected chi connectivity index (χ2v) is 20.6. The van der Waals surface area contributed by atoms with Crippen LogP contribution in [0.25, 0.3) is 0 Å². The lowest BCUT2D eigenvalue weighted by Crippen LogP contribution is -2.63. The molecule has 2 aromatic rings. The summed E-state index contributed by atoms with van der Waals surface area (Å²) in [5, 5.41) is 36.5. The molecule has 57 heavy (non-hydrogen) atoms. The molecule has 0 amide bonds. The van der Waals surface area contributed by atoms with Crippen LogP contribution in [-0.4, -0.2) is 113 Å². The number of hydrogen-bond donors (Lipinski definition) is 3. The maximum absolute atomic E-state index is 13.2. The van der Waals surface area contributed by atoms with Gasteiger partial charge in [-0.25, -0.2) is 4.79 Å². The Morgan fingerprint density at radius 2 is 1.70 bits per heavy atom. The molecule has 4 saturated heterocycles. The first-order valence-corrected chi connectivity index (χ1v) is 22.5. The van der Waals surface area contributed by atoms with Crippen molar-refractivity contribution >= 4 is 40.2 Å². The fraction of sp³-hybridized carbons (Fsp3) is 0.659. The minimum absolute atomic E-state index is 0.0125. The lowest BCUT2D eigenvalue weighted by Gasteiger charge is -2.59. The zero-order valence-corrected chi connectivity index (χ0v) is 35.0. The van der Waals surface area contributed by atoms with Gasteiger partial charge in [-0.2, -0.15) is 0 Å². The highest BCUT2D eigenvalue weighted by Gasteiger charge is 2.76. The number of likely N-dealkylation sites (N-methyl/N-ethyl adjacent to an activating group) is 1. The summed E-state index contributed by atoms with van der Waals surface area (Å²) in [6.45, 7) is 5.67. The van der Waals surface area contributed by atoms with Crippen molar-refractivity contribution in [3.63, 3.8) is 0 Å². The molecule has 2 bridgehead atoms. The number of morpholine rings is 1. The van der Waals surface area contributed by atoms with Crippen molar-refractivity contribution in [2.24, 2.45) is 28.6 Å². The van der Waals surface area contributed by atoms with Gasteiger partial charge in [0.1, 0.15) is 37.0 Å². The molecule has 3 saturated carbocycles. The average molecular weight is 823 g/mol. The van der Waals surface area contributed by atoms with Gasteiger partial charge in [0, 0.05) is 29.6 Å². The zero-order chi connectivity index (χ0) is 40.3. The first-order chi connectivity index (χ1) is 27.1. The van der Waals surface area contributed by atoms with Crippen LogP contribution in [0.1, 0.15) is 81.9 Å². The number of nitrogens with zero attached hydrogens (tertiary/aromatic N) is 1. The maximum Gasteiger partial charge on any atom is 0.349 e. The molecule has 0 spiro atoms. The predicted molar refractivity (Wildman–Crippen MR) is 212 cm³/mol. The Labute approximate surface area is 342 Å². The fourth-order valence-electron chi connectivity index (χ4n) is 13.0. The molecule has 6 heterocycles. The summed E-state index contributed by atoms with van der Waals surface area (Å²) < 4.78 is 25.3. The quantitative estimate of drug-likeness (QED) is 0.187. The molecule has 0 radical (unpaired) electrons. The van der Waals surface area contributed by atoms with Gasteiger partial charge in [0.15, 0.2) is 23.5 Å². The van der Waals surface area contributed by atoms with Gasteiger partial charge in [-0.3, -0.25) is 9.59 Å². The first-order valence-electron chi connectivity index (χ1n) is 20.7. The van der Waals surface area contributed by atoms with Gasteiger partial charge in [-0.1, -0.05) is 51.0 Å². The summed E-state index contributed by atoms with van der Waals surface area (Å²) in [7, 11) is 4.49. The predicted octanol–water partition coefficient (Wildman–Crippen LogP) is 5.06. The van der Waals surface area contributed by atoms with Crippen LogP contribution in [0.15, 0.2) is 58.8 Å². The molecule has 4 aliphatic heterocycles. The van der Waals surface area contributed by atoms with E-state index in [4.69, 9.17) is 18.9 Å². The largest absolute Gasteiger partial charge is 0.459 e. The Hall–Kier alpha value is -2.59. The summed E-state index contributed by atoms with van der Waals surface area (Å²) in [4.78, 5) is 39.5. The number of rotatable bonds is 8. The Morgan fingerprint density at radius 1 is 1.04 bits per heavy atom. The third-order valence-corrected chi connectivity index (χ3v) is 17.7. The van der Waals surface area contributed by atoms with E-state index in [1.54, 1.807) is 24.3 Å². The highest BCUT2D eigenvalue weighted by molar-refractivity contribution is 7.12. The van der Waals surface area contributed by atoms with E-state index in [1.807, 2.05) is 29.0 Å². The Bertz CT molecular complexity index is 1910. The molecule has 4 aliphatic carbocycles. The molecule has 14 atom stereocenters. The van der Waals surface area contributed by atoms with Gasteiger partial charge in [0.05, 0.1) is 36.1 Å². The lowest BCUT2D eigenvalue weighted by molar-refractivity contribution is -0.938. The topological polar surface area (TPSA) is 152 Å². The monoisotopic (exact) mass is 822 g/mol. The molecule has 0 aromatic carbocycles. The minimum Gasteiger partial charge on any atom is -0.459 e. The molecule has 7 fully saturated rings. The second-order valence-electron chi connectivity index (χ2n) is 18.7. The van der Waals surface area contributed by atoms with E-state index in [2.05, 4.69) is 34.9 Å². The maximum atomic E-state index is 13.2. The number of carbonyl (C=O) groups is 3. The zero-order valence-electron chi connectivity index (χ0n) is 33.4. The van der Waals surface area contributed by atoms with Crippen LogP contribution in [0, 0.1) is 28.6 Å². The number of thiophene rings is 2. The number of epoxide rings is 1. The Kier molecular flexibility index (Phi) is 9.78. The number of esters is 1. The number of ether oxygens (including phenoxy) is 4. The molecule has 11 nitrogen and oxygen atoms in total. The molecule has 2 unspecified atom stereocenters. The molecule has 308 valence electrons. The Balaban J connectivity index is 0.000000150. The van der Waals surface area contributed by atoms with E-state index < -0.39 is 47.7 Å². The molecular formula is C44H56NO10S2+. The smallest absolute Gasteiger partial charge is 0.349 e. The minimum atomic E-state index is -1.72. The van der Waals surface area contributed by atoms with Crippen LogP contribution in [0.2, 0.25) is 0 Å². The van der Waals surface area contributed by atoms with Gasteiger partial charge < -0.3 is 38.8 Å². The van der Waals surface area contributed by atoms with Crippen molar-refractivity contribution in [1.29, 1.82) is 0 Å². The van der Waals surface area contributed by atoms with Gasteiger partial charge in [0.25, 0.3) is 0 Å². The summed E-state index contributed by atoms with van der Waals surface area (Å²) in [5.74, 6) is -0.534. The number of hydrogen-bond acceptors (Lipinski definition) is 12. The number of ketones is 2. The van der Waals surface area contributed by atoms with E-state index in [0.717, 1.165) is 42.2 Å². The van der Waals surface area contributed by atoms with Crippen molar-refractivity contribution in [3.05, 3.63) is 68.6 Å². The van der Waals surface area contributed by atoms with Crippen LogP contribution < -0.4 is 0 Å². The van der Waals surface area contributed by atoms with E-state index in [-0.39, 0.29) is 40.8 Å². The average Bonchev–Trinajstić information content (AvgIpc) is 3.64. The van der Waals surface area contributed by atoms with Crippen LogP contribution in [0.4, 0.5) is 0 Å². The molecule has 8 aliphatic rings. The lowest BCUT2D eigenvalue weighted by atomic mass is 9.46. The van der Waals surface area contributed by atoms with Crippen molar-refractivity contribution in [1.82, 2.24) is 0 Å². The van der Waals surface area contributed by atoms with Crippen molar-refractivity contribution in [2.75, 3.05) is 20.7 Å². The van der Waals surface area contributed by atoms with Crippen LogP contribution in [-0.2, 0) is 38.9 Å². The normalized spacial score (nSPS) is 43.1. The van der Waals surface area contributed by atoms with Crippen molar-refractivity contribution in [3.8, 4) is 0 Å². The molecule has 10 rings (SSSR count). The fourth-order valence-corrected chi connectivity index (χ4v) is 14.7. The van der Waals surface area contributed by atoms with Crippen LogP contribution >= 0.6 is 22.7 Å². The second kappa shape index (κ2) is 14.0. The summed E-state index contributed by atoms with van der Waals surface area (Å²) >= 11 is 2.74. The number of allylic oxidation sites excluding steroid dienone is 4. The highest BCUT2D eigenvalue weighted by atomic mass is 32.1. The third kappa shape index (κ3) is 5.77. The number of aliphatic hydroxyl groups is 3. The first kappa shape index (κ1) is 39.8. The van der Waals surface area contributed by atoms with Gasteiger partial charge >= 0.3 is 5.97 Å². The standard InChI is InChI=1S/C25H34O6.C19H22NO4S2/c1-4-5-21-30-20-11-17-16-7-6-14-10-15(27)8-9-23(14,2)22(16)18(28)12-24(17,3)25(20,31-21)19(29)13-26;1-20(2)12-9-11(10-13(20)17-16(12)24-17)23-18(21)19(22,14-5-3-7-25-14)15-6-4-8-26-15/h8-10,16-18,20-22,26,28H,4-7,11-13H2,1-3H3;3-8,11-13,16-17,22H,9-10H2,1-2H3/q;+1/t16-,17-,18-,20+,21?,22+,23-,24-,25+;11?,12-,13+,16-,17+/m0./s1. The van der Waals surface area contributed by atoms with E-state index in [9.17, 15) is 29.7 Å². The SMILES string of the molecule is CCCC1O[C@@H]2C[C@H]3[C@@H]4CCC5=CC(=O)C=C[C@]5(C)[C@H]4[C@@H](O)C[C@]3(C)[C@]2(C(=O)CO)O1.C[N+]1(C)[C@@H]2CC(OC(=O)C(O)(c3cccs3)c3cccs3)C[C@H]1[C@@H]1O[C@@H]12. The van der Waals surface area contributed by atoms with Gasteiger partial charge in [-0.05, 0) is 79.0 Å². The van der Waals surface area contributed by atoms with Gasteiger partial charge in [-0.15, -0.1) is 22.7 Å². The number of quaternary nitrogens is 1. The molecule has 13 heteroatoms. The van der Waals surface area contributed by atoms with Crippen molar-refractivity contribution in [2.45, 2.75) is 132 Å². The molecular weight excluding hydrogens is 767 g/mol. The van der Waals surface area contributed by atoms with Crippen LogP contribution in [0.3, 0.4) is 0 Å². The Morgan fingerprint density at radius 3 is 2.30 bits per heavy atom. The number of fused-ring (bicyclic) bond motifs is 12. The number of piperidine rings is 1. The number of aliphatic hydroxyl groups excluding tert-OH is 2. The van der Waals surface area contributed by atoms with Crippen LogP contribution in [0.5, 0.6) is 0 Å². The van der Waals surface area contributed by atoms with E-state index in [1.165, 1.54) is 22.7 Å². The number of Topliss-reactive ketones (excluding diaryl/α,β-unsaturated/α-hetero) is 1. The van der Waals surface area contributed by atoms with E-state index >= 15 is 0 Å². The highest BCUT2D eigenvalue weighted by Crippen LogP contribution is 2.69. The summed E-state index contributed by atoms with van der Waals surface area (Å²) in [6.07, 6.45) is 10.4. The van der Waals surface area contributed by atoms with Gasteiger partial charge in [0.2, 0.25) is 5.60 Å². The molecule has 2 aromatic heterocycles. The summed E-state index contributed by atoms with van der Waals surface area (Å²) in [5.41, 5.74) is -2.77.